The molecule has 0 unspecified atom stereocenters. The summed E-state index contributed by atoms with van der Waals surface area (Å²) in [6, 6.07) is 17.6. The fourth-order valence-corrected chi connectivity index (χ4v) is 2.89. The number of ketones is 1. The fraction of sp³-hybridized carbons (Fsp3) is 0.0952. The van der Waals surface area contributed by atoms with E-state index >= 15 is 0 Å². The first kappa shape index (κ1) is 15.0. The van der Waals surface area contributed by atoms with Crippen molar-refractivity contribution in [3.63, 3.8) is 0 Å². The smallest absolute Gasteiger partial charge is 0.185 e. The van der Waals surface area contributed by atoms with Crippen LogP contribution in [0.4, 0.5) is 0 Å². The molecule has 2 nitrogen and oxygen atoms in total. The fourth-order valence-electron chi connectivity index (χ4n) is 2.89. The van der Waals surface area contributed by atoms with E-state index in [2.05, 4.69) is 30.2 Å². The van der Waals surface area contributed by atoms with Crippen LogP contribution in [0.15, 0.2) is 73.3 Å². The first-order valence-electron chi connectivity index (χ1n) is 7.68. The standard InChI is InChI=1S/C21H19NO/c1-3-15-22-16(2)18(19-11-7-8-12-20(19)22)13-14-21(23)17-9-5-4-6-10-17/h3-14H,1,15H2,2H3/b14-13+. The molecule has 0 aliphatic rings. The summed E-state index contributed by atoms with van der Waals surface area (Å²) in [6.45, 7) is 6.67. The minimum atomic E-state index is 0.0190. The summed E-state index contributed by atoms with van der Waals surface area (Å²) < 4.78 is 2.22. The summed E-state index contributed by atoms with van der Waals surface area (Å²) in [6.07, 6.45) is 5.47. The zero-order chi connectivity index (χ0) is 16.2. The molecule has 2 aromatic carbocycles. The van der Waals surface area contributed by atoms with Crippen LogP contribution in [0.25, 0.3) is 17.0 Å². The molecule has 23 heavy (non-hydrogen) atoms. The van der Waals surface area contributed by atoms with E-state index in [-0.39, 0.29) is 5.78 Å². The average Bonchev–Trinajstić information content (AvgIpc) is 2.86. The van der Waals surface area contributed by atoms with Gasteiger partial charge in [-0.2, -0.15) is 0 Å². The highest BCUT2D eigenvalue weighted by Crippen LogP contribution is 2.27. The summed E-state index contributed by atoms with van der Waals surface area (Å²) >= 11 is 0. The molecule has 0 aliphatic heterocycles. The van der Waals surface area contributed by atoms with E-state index in [1.54, 1.807) is 6.08 Å². The van der Waals surface area contributed by atoms with Gasteiger partial charge in [0.15, 0.2) is 5.78 Å². The van der Waals surface area contributed by atoms with Crippen LogP contribution in [0.5, 0.6) is 0 Å². The Labute approximate surface area is 136 Å². The van der Waals surface area contributed by atoms with Gasteiger partial charge in [0.2, 0.25) is 0 Å². The predicted octanol–water partition coefficient (Wildman–Crippen LogP) is 5.03. The van der Waals surface area contributed by atoms with Crippen molar-refractivity contribution in [1.82, 2.24) is 4.57 Å². The molecule has 1 aromatic heterocycles. The van der Waals surface area contributed by atoms with Crippen LogP contribution in [-0.4, -0.2) is 10.4 Å². The Morgan fingerprint density at radius 1 is 1.09 bits per heavy atom. The zero-order valence-electron chi connectivity index (χ0n) is 13.2. The Kier molecular flexibility index (Phi) is 4.24. The lowest BCUT2D eigenvalue weighted by atomic mass is 10.1. The Hall–Kier alpha value is -2.87. The minimum Gasteiger partial charge on any atom is -0.340 e. The molecule has 3 aromatic rings. The van der Waals surface area contributed by atoms with Gasteiger partial charge in [-0.3, -0.25) is 4.79 Å². The number of rotatable bonds is 5. The molecule has 0 fully saturated rings. The van der Waals surface area contributed by atoms with Crippen molar-refractivity contribution in [3.05, 3.63) is 90.1 Å². The number of carbonyl (C=O) groups is 1. The van der Waals surface area contributed by atoms with Crippen molar-refractivity contribution in [2.75, 3.05) is 0 Å². The van der Waals surface area contributed by atoms with E-state index in [0.29, 0.717) is 5.56 Å². The zero-order valence-corrected chi connectivity index (χ0v) is 13.2. The number of para-hydroxylation sites is 1. The first-order valence-corrected chi connectivity index (χ1v) is 7.68. The molecular weight excluding hydrogens is 282 g/mol. The molecule has 114 valence electrons. The van der Waals surface area contributed by atoms with E-state index in [9.17, 15) is 4.79 Å². The number of benzene rings is 2. The third kappa shape index (κ3) is 2.88. The maximum atomic E-state index is 12.3. The van der Waals surface area contributed by atoms with Crippen molar-refractivity contribution in [2.24, 2.45) is 0 Å². The lowest BCUT2D eigenvalue weighted by molar-refractivity contribution is 0.104. The highest BCUT2D eigenvalue weighted by molar-refractivity contribution is 6.08. The van der Waals surface area contributed by atoms with Gasteiger partial charge < -0.3 is 4.57 Å². The predicted molar refractivity (Wildman–Crippen MR) is 96.7 cm³/mol. The molecule has 0 saturated carbocycles. The Morgan fingerprint density at radius 3 is 2.52 bits per heavy atom. The molecular formula is C21H19NO. The molecule has 0 N–H and O–H groups in total. The Balaban J connectivity index is 2.03. The molecule has 0 bridgehead atoms. The van der Waals surface area contributed by atoms with Gasteiger partial charge in [0.1, 0.15) is 0 Å². The SMILES string of the molecule is C=CCn1c(C)c(/C=C/C(=O)c2ccccc2)c2ccccc21. The van der Waals surface area contributed by atoms with Gasteiger partial charge >= 0.3 is 0 Å². The normalized spacial score (nSPS) is 11.2. The Morgan fingerprint density at radius 2 is 1.78 bits per heavy atom. The topological polar surface area (TPSA) is 22.0 Å². The number of hydrogen-bond donors (Lipinski definition) is 0. The van der Waals surface area contributed by atoms with Crippen LogP contribution < -0.4 is 0 Å². The molecule has 2 heteroatoms. The van der Waals surface area contributed by atoms with Crippen molar-refractivity contribution in [2.45, 2.75) is 13.5 Å². The summed E-state index contributed by atoms with van der Waals surface area (Å²) in [5, 5.41) is 1.16. The quantitative estimate of drug-likeness (QED) is 0.368. The summed E-state index contributed by atoms with van der Waals surface area (Å²) in [5.74, 6) is 0.0190. The van der Waals surface area contributed by atoms with Gasteiger partial charge in [-0.05, 0) is 25.1 Å². The molecule has 3 rings (SSSR count). The van der Waals surface area contributed by atoms with Gasteiger partial charge in [-0.1, -0.05) is 54.6 Å². The number of nitrogens with zero attached hydrogens (tertiary/aromatic N) is 1. The van der Waals surface area contributed by atoms with E-state index in [1.165, 1.54) is 0 Å². The van der Waals surface area contributed by atoms with Crippen molar-refractivity contribution >= 4 is 22.8 Å². The second-order valence-corrected chi connectivity index (χ2v) is 5.48. The lowest BCUT2D eigenvalue weighted by Gasteiger charge is -2.04. The van der Waals surface area contributed by atoms with Crippen LogP contribution in [0.3, 0.4) is 0 Å². The van der Waals surface area contributed by atoms with E-state index < -0.39 is 0 Å². The third-order valence-corrected chi connectivity index (χ3v) is 4.05. The summed E-state index contributed by atoms with van der Waals surface area (Å²) in [7, 11) is 0. The molecule has 0 spiro atoms. The second kappa shape index (κ2) is 6.49. The van der Waals surface area contributed by atoms with Crippen LogP contribution in [0, 0.1) is 6.92 Å². The molecule has 0 amide bonds. The van der Waals surface area contributed by atoms with E-state index in [1.807, 2.05) is 54.6 Å². The third-order valence-electron chi connectivity index (χ3n) is 4.05. The molecule has 1 heterocycles. The number of allylic oxidation sites excluding steroid dienone is 2. The first-order chi connectivity index (χ1) is 11.2. The van der Waals surface area contributed by atoms with Crippen LogP contribution in [0.1, 0.15) is 21.6 Å². The van der Waals surface area contributed by atoms with E-state index in [4.69, 9.17) is 0 Å². The molecule has 0 saturated heterocycles. The second-order valence-electron chi connectivity index (χ2n) is 5.48. The van der Waals surface area contributed by atoms with Gasteiger partial charge in [-0.25, -0.2) is 0 Å². The largest absolute Gasteiger partial charge is 0.340 e. The van der Waals surface area contributed by atoms with Crippen LogP contribution in [-0.2, 0) is 6.54 Å². The monoisotopic (exact) mass is 301 g/mol. The number of carbonyl (C=O) groups excluding carboxylic acids is 1. The molecule has 0 aliphatic carbocycles. The van der Waals surface area contributed by atoms with Crippen molar-refractivity contribution < 1.29 is 4.79 Å². The van der Waals surface area contributed by atoms with Crippen LogP contribution in [0.2, 0.25) is 0 Å². The van der Waals surface area contributed by atoms with Gasteiger partial charge in [0.05, 0.1) is 0 Å². The minimum absolute atomic E-state index is 0.0190. The van der Waals surface area contributed by atoms with Gasteiger partial charge in [0.25, 0.3) is 0 Å². The van der Waals surface area contributed by atoms with Crippen molar-refractivity contribution in [1.29, 1.82) is 0 Å². The number of hydrogen-bond acceptors (Lipinski definition) is 1. The number of aromatic nitrogens is 1. The highest BCUT2D eigenvalue weighted by atomic mass is 16.1. The van der Waals surface area contributed by atoms with Crippen LogP contribution >= 0.6 is 0 Å². The average molecular weight is 301 g/mol. The lowest BCUT2D eigenvalue weighted by Crippen LogP contribution is -1.97. The molecule has 0 atom stereocenters. The molecule has 0 radical (unpaired) electrons. The Bertz CT molecular complexity index is 885. The summed E-state index contributed by atoms with van der Waals surface area (Å²) in [5.41, 5.74) is 4.10. The van der Waals surface area contributed by atoms with E-state index in [0.717, 1.165) is 28.7 Å². The van der Waals surface area contributed by atoms with Gasteiger partial charge in [-0.15, -0.1) is 6.58 Å². The maximum Gasteiger partial charge on any atom is 0.185 e. The number of fused-ring (bicyclic) bond motifs is 1. The maximum absolute atomic E-state index is 12.3. The van der Waals surface area contributed by atoms with Crippen molar-refractivity contribution in [3.8, 4) is 0 Å². The summed E-state index contributed by atoms with van der Waals surface area (Å²) in [4.78, 5) is 12.3. The highest BCUT2D eigenvalue weighted by Gasteiger charge is 2.11. The van der Waals surface area contributed by atoms with Gasteiger partial charge in [0, 0.05) is 34.3 Å².